The first kappa shape index (κ1) is 22.8. The van der Waals surface area contributed by atoms with Crippen molar-refractivity contribution in [2.45, 2.75) is 13.8 Å². The molecular weight excluding hydrogens is 446 g/mol. The SMILES string of the molecule is Cc1ccc(N(c2ccc(C)cc2)c2ccc(/C=C/c3ccc4cc5ccccc5cc4c3)cc2)cc1. The minimum Gasteiger partial charge on any atom is -0.311 e. The lowest BCUT2D eigenvalue weighted by Crippen LogP contribution is -2.09. The van der Waals surface area contributed by atoms with E-state index in [0.717, 1.165) is 17.1 Å². The molecule has 0 saturated carbocycles. The van der Waals surface area contributed by atoms with Gasteiger partial charge in [-0.3, -0.25) is 0 Å². The lowest BCUT2D eigenvalue weighted by molar-refractivity contribution is 1.27. The maximum atomic E-state index is 2.31. The first-order valence-electron chi connectivity index (χ1n) is 12.8. The molecule has 0 spiro atoms. The highest BCUT2D eigenvalue weighted by Gasteiger charge is 2.12. The molecule has 1 nitrogen and oxygen atoms in total. The molecule has 0 bridgehead atoms. The van der Waals surface area contributed by atoms with Crippen LogP contribution in [0.4, 0.5) is 17.1 Å². The molecule has 0 fully saturated rings. The van der Waals surface area contributed by atoms with Gasteiger partial charge in [0.05, 0.1) is 0 Å². The van der Waals surface area contributed by atoms with Crippen LogP contribution in [0, 0.1) is 13.8 Å². The van der Waals surface area contributed by atoms with Crippen LogP contribution in [0.5, 0.6) is 0 Å². The maximum Gasteiger partial charge on any atom is 0.0462 e. The Hall–Kier alpha value is -4.62. The Bertz CT molecular complexity index is 1660. The molecule has 6 rings (SSSR count). The van der Waals surface area contributed by atoms with Crippen molar-refractivity contribution in [3.05, 3.63) is 150 Å². The first-order valence-corrected chi connectivity index (χ1v) is 12.8. The van der Waals surface area contributed by atoms with Crippen LogP contribution in [0.25, 0.3) is 33.7 Å². The van der Waals surface area contributed by atoms with E-state index in [1.165, 1.54) is 43.8 Å². The van der Waals surface area contributed by atoms with E-state index in [2.05, 4.69) is 158 Å². The standard InChI is InChI=1S/C36H29N/c1-26-7-17-34(18-8-26)37(35-19-9-27(2)10-20-35)36-21-14-28(15-22-36)11-12-29-13-16-32-24-30-5-3-4-6-31(30)25-33(32)23-29/h3-25H,1-2H3/b12-11+. The van der Waals surface area contributed by atoms with Crippen molar-refractivity contribution in [3.8, 4) is 0 Å². The van der Waals surface area contributed by atoms with Gasteiger partial charge in [0, 0.05) is 17.1 Å². The topological polar surface area (TPSA) is 3.24 Å². The van der Waals surface area contributed by atoms with Crippen molar-refractivity contribution in [1.82, 2.24) is 0 Å². The predicted molar refractivity (Wildman–Crippen MR) is 161 cm³/mol. The fraction of sp³-hybridized carbons (Fsp3) is 0.0556. The van der Waals surface area contributed by atoms with E-state index in [-0.39, 0.29) is 0 Å². The van der Waals surface area contributed by atoms with Crippen molar-refractivity contribution in [2.75, 3.05) is 4.90 Å². The normalized spacial score (nSPS) is 11.4. The second kappa shape index (κ2) is 9.79. The van der Waals surface area contributed by atoms with Gasteiger partial charge in [-0.1, -0.05) is 96.1 Å². The second-order valence-electron chi connectivity index (χ2n) is 9.74. The third-order valence-corrected chi connectivity index (χ3v) is 6.93. The number of rotatable bonds is 5. The van der Waals surface area contributed by atoms with E-state index in [4.69, 9.17) is 0 Å². The van der Waals surface area contributed by atoms with E-state index in [9.17, 15) is 0 Å². The molecule has 0 saturated heterocycles. The van der Waals surface area contributed by atoms with Crippen LogP contribution in [0.1, 0.15) is 22.3 Å². The van der Waals surface area contributed by atoms with Crippen LogP contribution in [0.15, 0.2) is 127 Å². The average Bonchev–Trinajstić information content (AvgIpc) is 2.93. The number of nitrogens with zero attached hydrogens (tertiary/aromatic N) is 1. The fourth-order valence-corrected chi connectivity index (χ4v) is 4.82. The Morgan fingerprint density at radius 3 is 1.41 bits per heavy atom. The van der Waals surface area contributed by atoms with Gasteiger partial charge in [-0.2, -0.15) is 0 Å². The average molecular weight is 476 g/mol. The maximum absolute atomic E-state index is 2.31. The quantitative estimate of drug-likeness (QED) is 0.177. The molecule has 0 aliphatic carbocycles. The van der Waals surface area contributed by atoms with Gasteiger partial charge in [-0.15, -0.1) is 0 Å². The largest absolute Gasteiger partial charge is 0.311 e. The summed E-state index contributed by atoms with van der Waals surface area (Å²) in [5.41, 5.74) is 8.35. The van der Waals surface area contributed by atoms with Crippen molar-refractivity contribution in [1.29, 1.82) is 0 Å². The van der Waals surface area contributed by atoms with Crippen LogP contribution >= 0.6 is 0 Å². The summed E-state index contributed by atoms with van der Waals surface area (Å²) in [4.78, 5) is 2.31. The number of fused-ring (bicyclic) bond motifs is 2. The Morgan fingerprint density at radius 1 is 0.405 bits per heavy atom. The molecule has 6 aromatic carbocycles. The van der Waals surface area contributed by atoms with Crippen LogP contribution in [-0.2, 0) is 0 Å². The summed E-state index contributed by atoms with van der Waals surface area (Å²) in [5, 5.41) is 5.10. The molecule has 0 N–H and O–H groups in total. The molecule has 1 heteroatoms. The summed E-state index contributed by atoms with van der Waals surface area (Å²) in [7, 11) is 0. The Kier molecular flexibility index (Phi) is 6.04. The number of hydrogen-bond donors (Lipinski definition) is 0. The number of hydrogen-bond acceptors (Lipinski definition) is 1. The second-order valence-corrected chi connectivity index (χ2v) is 9.74. The van der Waals surface area contributed by atoms with E-state index >= 15 is 0 Å². The van der Waals surface area contributed by atoms with E-state index in [1.54, 1.807) is 0 Å². The van der Waals surface area contributed by atoms with Gasteiger partial charge in [-0.05, 0) is 101 Å². The van der Waals surface area contributed by atoms with Gasteiger partial charge in [0.1, 0.15) is 0 Å². The third-order valence-electron chi connectivity index (χ3n) is 6.93. The molecule has 0 amide bonds. The molecular formula is C36H29N. The zero-order valence-electron chi connectivity index (χ0n) is 21.2. The molecule has 178 valence electrons. The molecule has 6 aromatic rings. The molecule has 37 heavy (non-hydrogen) atoms. The number of aryl methyl sites for hydroxylation is 2. The molecule has 0 radical (unpaired) electrons. The molecule has 0 atom stereocenters. The van der Waals surface area contributed by atoms with E-state index in [1.807, 2.05) is 0 Å². The Balaban J connectivity index is 1.29. The van der Waals surface area contributed by atoms with E-state index in [0.29, 0.717) is 0 Å². The van der Waals surface area contributed by atoms with Crippen LogP contribution in [0.2, 0.25) is 0 Å². The summed E-state index contributed by atoms with van der Waals surface area (Å²) >= 11 is 0. The Labute approximate surface area is 218 Å². The summed E-state index contributed by atoms with van der Waals surface area (Å²) in [6, 6.07) is 46.0. The predicted octanol–water partition coefficient (Wildman–Crippen LogP) is 10.3. The van der Waals surface area contributed by atoms with Crippen molar-refractivity contribution < 1.29 is 0 Å². The van der Waals surface area contributed by atoms with Gasteiger partial charge in [0.15, 0.2) is 0 Å². The lowest BCUT2D eigenvalue weighted by Gasteiger charge is -2.25. The smallest absolute Gasteiger partial charge is 0.0462 e. The highest BCUT2D eigenvalue weighted by molar-refractivity contribution is 5.99. The van der Waals surface area contributed by atoms with E-state index < -0.39 is 0 Å². The molecule has 0 aliphatic rings. The summed E-state index contributed by atoms with van der Waals surface area (Å²) in [6.07, 6.45) is 4.38. The van der Waals surface area contributed by atoms with Gasteiger partial charge in [0.2, 0.25) is 0 Å². The van der Waals surface area contributed by atoms with Crippen molar-refractivity contribution in [2.24, 2.45) is 0 Å². The minimum atomic E-state index is 1.14. The highest BCUT2D eigenvalue weighted by atomic mass is 15.1. The summed E-state index contributed by atoms with van der Waals surface area (Å²) in [6.45, 7) is 4.25. The molecule has 0 heterocycles. The van der Waals surface area contributed by atoms with Crippen molar-refractivity contribution in [3.63, 3.8) is 0 Å². The fourth-order valence-electron chi connectivity index (χ4n) is 4.82. The Morgan fingerprint density at radius 2 is 0.838 bits per heavy atom. The van der Waals surface area contributed by atoms with Gasteiger partial charge in [0.25, 0.3) is 0 Å². The van der Waals surface area contributed by atoms with Gasteiger partial charge < -0.3 is 4.90 Å². The highest BCUT2D eigenvalue weighted by Crippen LogP contribution is 2.35. The summed E-state index contributed by atoms with van der Waals surface area (Å²) in [5.74, 6) is 0. The first-order chi connectivity index (χ1) is 18.1. The van der Waals surface area contributed by atoms with Gasteiger partial charge >= 0.3 is 0 Å². The zero-order chi connectivity index (χ0) is 25.2. The molecule has 0 aliphatic heterocycles. The van der Waals surface area contributed by atoms with Crippen LogP contribution < -0.4 is 4.90 Å². The van der Waals surface area contributed by atoms with Crippen molar-refractivity contribution >= 4 is 50.8 Å². The monoisotopic (exact) mass is 475 g/mol. The summed E-state index contributed by atoms with van der Waals surface area (Å²) < 4.78 is 0. The molecule has 0 aromatic heterocycles. The molecule has 0 unspecified atom stereocenters. The number of benzene rings is 6. The lowest BCUT2D eigenvalue weighted by atomic mass is 10.0. The zero-order valence-corrected chi connectivity index (χ0v) is 21.2. The van der Waals surface area contributed by atoms with Crippen LogP contribution in [0.3, 0.4) is 0 Å². The van der Waals surface area contributed by atoms with Gasteiger partial charge in [-0.25, -0.2) is 0 Å². The third kappa shape index (κ3) is 4.90. The minimum absolute atomic E-state index is 1.14. The number of anilines is 3. The van der Waals surface area contributed by atoms with Crippen LogP contribution in [-0.4, -0.2) is 0 Å².